The number of rotatable bonds is 3. The van der Waals surface area contributed by atoms with Crippen LogP contribution in [0.3, 0.4) is 0 Å². The van der Waals surface area contributed by atoms with Crippen LogP contribution in [-0.4, -0.2) is 36.5 Å². The first-order valence-corrected chi connectivity index (χ1v) is 6.45. The molecule has 1 saturated heterocycles. The standard InChI is InChI=1S/C12H14Cl2N2O2.ClH/c13-10-2-1-8(5-11(10)14)18-9-3-4-16(7-9)12(17)6-15;/h1-2,5,9H,3-4,6-7,15H2;1H. The van der Waals surface area contributed by atoms with Crippen molar-refractivity contribution in [3.8, 4) is 5.75 Å². The summed E-state index contributed by atoms with van der Waals surface area (Å²) in [7, 11) is 0. The third-order valence-corrected chi connectivity index (χ3v) is 3.61. The highest BCUT2D eigenvalue weighted by molar-refractivity contribution is 6.42. The van der Waals surface area contributed by atoms with Gasteiger partial charge in [0.05, 0.1) is 23.1 Å². The van der Waals surface area contributed by atoms with E-state index in [1.165, 1.54) is 0 Å². The lowest BCUT2D eigenvalue weighted by atomic mass is 10.3. The quantitative estimate of drug-likeness (QED) is 0.928. The maximum Gasteiger partial charge on any atom is 0.236 e. The van der Waals surface area contributed by atoms with Crippen molar-refractivity contribution in [2.24, 2.45) is 5.73 Å². The molecule has 7 heteroatoms. The van der Waals surface area contributed by atoms with Crippen LogP contribution in [0.4, 0.5) is 0 Å². The first kappa shape index (κ1) is 16.4. The van der Waals surface area contributed by atoms with Gasteiger partial charge in [0.25, 0.3) is 0 Å². The lowest BCUT2D eigenvalue weighted by molar-refractivity contribution is -0.128. The Morgan fingerprint density at radius 1 is 1.42 bits per heavy atom. The topological polar surface area (TPSA) is 55.6 Å². The average Bonchev–Trinajstić information content (AvgIpc) is 2.81. The van der Waals surface area contributed by atoms with E-state index < -0.39 is 0 Å². The zero-order chi connectivity index (χ0) is 13.1. The monoisotopic (exact) mass is 324 g/mol. The van der Waals surface area contributed by atoms with E-state index >= 15 is 0 Å². The summed E-state index contributed by atoms with van der Waals surface area (Å²) < 4.78 is 5.76. The lowest BCUT2D eigenvalue weighted by Gasteiger charge is -2.16. The van der Waals surface area contributed by atoms with Crippen molar-refractivity contribution in [3.63, 3.8) is 0 Å². The first-order chi connectivity index (χ1) is 8.60. The minimum Gasteiger partial charge on any atom is -0.488 e. The summed E-state index contributed by atoms with van der Waals surface area (Å²) in [6.07, 6.45) is 0.782. The highest BCUT2D eigenvalue weighted by Crippen LogP contribution is 2.27. The van der Waals surface area contributed by atoms with Gasteiger partial charge in [-0.15, -0.1) is 12.4 Å². The number of nitrogens with two attached hydrogens (primary N) is 1. The number of carbonyl (C=O) groups is 1. The van der Waals surface area contributed by atoms with Gasteiger partial charge in [-0.1, -0.05) is 23.2 Å². The van der Waals surface area contributed by atoms with Gasteiger partial charge in [0.2, 0.25) is 5.91 Å². The number of nitrogens with zero attached hydrogens (tertiary/aromatic N) is 1. The van der Waals surface area contributed by atoms with Crippen molar-refractivity contribution in [2.45, 2.75) is 12.5 Å². The van der Waals surface area contributed by atoms with Crippen molar-refractivity contribution in [2.75, 3.05) is 19.6 Å². The second-order valence-electron chi connectivity index (χ2n) is 4.15. The minimum atomic E-state index is -0.0461. The fraction of sp³-hybridized carbons (Fsp3) is 0.417. The second-order valence-corrected chi connectivity index (χ2v) is 4.96. The van der Waals surface area contributed by atoms with E-state index in [0.717, 1.165) is 6.42 Å². The molecule has 0 saturated carbocycles. The molecule has 4 nitrogen and oxygen atoms in total. The molecule has 0 bridgehead atoms. The van der Waals surface area contributed by atoms with Gasteiger partial charge in [0.1, 0.15) is 11.9 Å². The Hall–Kier alpha value is -0.680. The molecule has 106 valence electrons. The van der Waals surface area contributed by atoms with Crippen LogP contribution in [0.25, 0.3) is 0 Å². The Labute approximate surface area is 128 Å². The molecule has 0 radical (unpaired) electrons. The molecule has 0 spiro atoms. The highest BCUT2D eigenvalue weighted by atomic mass is 35.5. The Kier molecular flexibility index (Phi) is 6.20. The summed E-state index contributed by atoms with van der Waals surface area (Å²) in [6.45, 7) is 1.29. The van der Waals surface area contributed by atoms with E-state index in [0.29, 0.717) is 28.9 Å². The molecule has 1 unspecified atom stereocenters. The highest BCUT2D eigenvalue weighted by Gasteiger charge is 2.26. The second kappa shape index (κ2) is 7.20. The van der Waals surface area contributed by atoms with Gasteiger partial charge in [-0.2, -0.15) is 0 Å². The van der Waals surface area contributed by atoms with Gasteiger partial charge in [0, 0.05) is 19.0 Å². The van der Waals surface area contributed by atoms with Crippen molar-refractivity contribution >= 4 is 41.5 Å². The summed E-state index contributed by atoms with van der Waals surface area (Å²) in [5, 5.41) is 0.956. The van der Waals surface area contributed by atoms with Gasteiger partial charge < -0.3 is 15.4 Å². The van der Waals surface area contributed by atoms with Gasteiger partial charge >= 0.3 is 0 Å². The summed E-state index contributed by atoms with van der Waals surface area (Å²) in [4.78, 5) is 13.1. The van der Waals surface area contributed by atoms with Crippen molar-refractivity contribution in [3.05, 3.63) is 28.2 Å². The van der Waals surface area contributed by atoms with Crippen LogP contribution < -0.4 is 10.5 Å². The predicted octanol–water partition coefficient (Wildman–Crippen LogP) is 2.35. The summed E-state index contributed by atoms with van der Waals surface area (Å²) in [6, 6.07) is 5.13. The third kappa shape index (κ3) is 4.14. The van der Waals surface area contributed by atoms with Gasteiger partial charge in [-0.05, 0) is 12.1 Å². The molecule has 1 aromatic rings. The Bertz CT molecular complexity index is 457. The zero-order valence-electron chi connectivity index (χ0n) is 10.1. The largest absolute Gasteiger partial charge is 0.488 e. The zero-order valence-corrected chi connectivity index (χ0v) is 12.5. The van der Waals surface area contributed by atoms with E-state index in [9.17, 15) is 4.79 Å². The molecule has 1 aliphatic heterocycles. The molecule has 1 aromatic carbocycles. The normalized spacial score (nSPS) is 18.1. The van der Waals surface area contributed by atoms with Gasteiger partial charge in [-0.3, -0.25) is 4.79 Å². The average molecular weight is 326 g/mol. The summed E-state index contributed by atoms with van der Waals surface area (Å²) in [5.41, 5.74) is 5.32. The van der Waals surface area contributed by atoms with Crippen molar-refractivity contribution in [1.29, 1.82) is 0 Å². The van der Waals surface area contributed by atoms with Crippen LogP contribution in [-0.2, 0) is 4.79 Å². The molecule has 2 rings (SSSR count). The smallest absolute Gasteiger partial charge is 0.236 e. The molecule has 1 fully saturated rings. The Morgan fingerprint density at radius 2 is 2.16 bits per heavy atom. The van der Waals surface area contributed by atoms with Crippen molar-refractivity contribution < 1.29 is 9.53 Å². The maximum absolute atomic E-state index is 11.4. The van der Waals surface area contributed by atoms with Crippen LogP contribution in [0, 0.1) is 0 Å². The van der Waals surface area contributed by atoms with E-state index in [1.807, 2.05) is 0 Å². The van der Waals surface area contributed by atoms with Gasteiger partial charge in [-0.25, -0.2) is 0 Å². The Morgan fingerprint density at radius 3 is 2.79 bits per heavy atom. The van der Waals surface area contributed by atoms with Crippen LogP contribution in [0.5, 0.6) is 5.75 Å². The van der Waals surface area contributed by atoms with E-state index in [2.05, 4.69) is 0 Å². The van der Waals surface area contributed by atoms with Crippen molar-refractivity contribution in [1.82, 2.24) is 4.90 Å². The third-order valence-electron chi connectivity index (χ3n) is 2.87. The number of hydrogen-bond acceptors (Lipinski definition) is 3. The molecule has 1 aliphatic rings. The van der Waals surface area contributed by atoms with E-state index in [-0.39, 0.29) is 31.0 Å². The fourth-order valence-corrected chi connectivity index (χ4v) is 2.21. The molecule has 0 aromatic heterocycles. The number of hydrogen-bond donors (Lipinski definition) is 1. The van der Waals surface area contributed by atoms with Crippen LogP contribution in [0.2, 0.25) is 10.0 Å². The number of likely N-dealkylation sites (tertiary alicyclic amines) is 1. The molecular weight excluding hydrogens is 311 g/mol. The summed E-state index contributed by atoms with van der Waals surface area (Å²) in [5.74, 6) is 0.617. The molecule has 1 heterocycles. The van der Waals surface area contributed by atoms with Crippen LogP contribution in [0.1, 0.15) is 6.42 Å². The predicted molar refractivity (Wildman–Crippen MR) is 78.4 cm³/mol. The lowest BCUT2D eigenvalue weighted by Crippen LogP contribution is -2.35. The number of benzene rings is 1. The van der Waals surface area contributed by atoms with Crippen LogP contribution >= 0.6 is 35.6 Å². The number of carbonyl (C=O) groups excluding carboxylic acids is 1. The fourth-order valence-electron chi connectivity index (χ4n) is 1.92. The van der Waals surface area contributed by atoms with E-state index in [4.69, 9.17) is 33.7 Å². The molecular formula is C12H15Cl3N2O2. The van der Waals surface area contributed by atoms with E-state index in [1.54, 1.807) is 23.1 Å². The maximum atomic E-state index is 11.4. The molecule has 1 amide bonds. The molecule has 1 atom stereocenters. The summed E-state index contributed by atoms with van der Waals surface area (Å²) >= 11 is 11.7. The SMILES string of the molecule is Cl.NCC(=O)N1CCC(Oc2ccc(Cl)c(Cl)c2)C1. The van der Waals surface area contributed by atoms with Crippen LogP contribution in [0.15, 0.2) is 18.2 Å². The number of halogens is 3. The Balaban J connectivity index is 0.00000180. The molecule has 0 aliphatic carbocycles. The molecule has 19 heavy (non-hydrogen) atoms. The first-order valence-electron chi connectivity index (χ1n) is 5.69. The molecule has 2 N–H and O–H groups in total. The number of amides is 1. The minimum absolute atomic E-state index is 0. The number of ether oxygens (including phenoxy) is 1. The van der Waals surface area contributed by atoms with Gasteiger partial charge in [0.15, 0.2) is 0 Å².